The summed E-state index contributed by atoms with van der Waals surface area (Å²) in [6, 6.07) is 4.48. The van der Waals surface area contributed by atoms with E-state index >= 15 is 0 Å². The fourth-order valence-electron chi connectivity index (χ4n) is 2.56. The zero-order valence-corrected chi connectivity index (χ0v) is 10.6. The van der Waals surface area contributed by atoms with Gasteiger partial charge in [0.05, 0.1) is 6.10 Å². The van der Waals surface area contributed by atoms with Gasteiger partial charge in [-0.15, -0.1) is 0 Å². The Morgan fingerprint density at radius 3 is 3.39 bits per heavy atom. The fourth-order valence-corrected chi connectivity index (χ4v) is 2.56. The van der Waals surface area contributed by atoms with E-state index in [1.807, 2.05) is 18.5 Å². The van der Waals surface area contributed by atoms with E-state index in [2.05, 4.69) is 28.3 Å². The van der Waals surface area contributed by atoms with E-state index in [9.17, 15) is 0 Å². The summed E-state index contributed by atoms with van der Waals surface area (Å²) in [4.78, 5) is 7.50. The van der Waals surface area contributed by atoms with Crippen molar-refractivity contribution in [3.05, 3.63) is 30.1 Å². The van der Waals surface area contributed by atoms with Crippen molar-refractivity contribution in [1.82, 2.24) is 15.3 Å². The predicted octanol–water partition coefficient (Wildman–Crippen LogP) is 2.22. The van der Waals surface area contributed by atoms with E-state index < -0.39 is 0 Å². The molecule has 3 heterocycles. The van der Waals surface area contributed by atoms with Crippen molar-refractivity contribution in [3.8, 4) is 0 Å². The molecule has 1 saturated heterocycles. The third-order valence-electron chi connectivity index (χ3n) is 3.67. The lowest BCUT2D eigenvalue weighted by atomic mass is 10.1. The van der Waals surface area contributed by atoms with Gasteiger partial charge >= 0.3 is 0 Å². The molecule has 1 aliphatic heterocycles. The van der Waals surface area contributed by atoms with E-state index in [4.69, 9.17) is 4.74 Å². The van der Waals surface area contributed by atoms with Crippen molar-refractivity contribution >= 4 is 11.0 Å². The molecule has 1 aliphatic rings. The van der Waals surface area contributed by atoms with Gasteiger partial charge in [0.2, 0.25) is 0 Å². The number of H-pyrrole nitrogens is 1. The number of aromatic amines is 1. The van der Waals surface area contributed by atoms with Gasteiger partial charge in [-0.3, -0.25) is 0 Å². The molecule has 0 aliphatic carbocycles. The highest BCUT2D eigenvalue weighted by Crippen LogP contribution is 2.18. The molecule has 2 atom stereocenters. The Morgan fingerprint density at radius 2 is 2.56 bits per heavy atom. The van der Waals surface area contributed by atoms with Crippen LogP contribution in [0.25, 0.3) is 11.0 Å². The van der Waals surface area contributed by atoms with Crippen LogP contribution in [0.4, 0.5) is 0 Å². The summed E-state index contributed by atoms with van der Waals surface area (Å²) in [5, 5.41) is 4.74. The molecule has 0 aromatic carbocycles. The first-order chi connectivity index (χ1) is 8.84. The molecule has 1 fully saturated rings. The first-order valence-electron chi connectivity index (χ1n) is 6.60. The minimum absolute atomic E-state index is 0.369. The van der Waals surface area contributed by atoms with Crippen LogP contribution in [0.2, 0.25) is 0 Å². The molecule has 0 bridgehead atoms. The van der Waals surface area contributed by atoms with Gasteiger partial charge in [0, 0.05) is 37.0 Å². The second-order valence-corrected chi connectivity index (χ2v) is 4.93. The zero-order valence-electron chi connectivity index (χ0n) is 10.6. The molecule has 2 unspecified atom stereocenters. The van der Waals surface area contributed by atoms with Crippen molar-refractivity contribution in [3.63, 3.8) is 0 Å². The minimum Gasteiger partial charge on any atom is -0.377 e. The molecule has 4 nitrogen and oxygen atoms in total. The average Bonchev–Trinajstić information content (AvgIpc) is 3.06. The highest BCUT2D eigenvalue weighted by atomic mass is 16.5. The summed E-state index contributed by atoms with van der Waals surface area (Å²) >= 11 is 0. The molecule has 2 aromatic heterocycles. The Kier molecular flexibility index (Phi) is 3.30. The lowest BCUT2D eigenvalue weighted by Gasteiger charge is -2.19. The Bertz CT molecular complexity index is 516. The number of nitrogens with zero attached hydrogens (tertiary/aromatic N) is 1. The van der Waals surface area contributed by atoms with Gasteiger partial charge in [0.15, 0.2) is 0 Å². The first kappa shape index (κ1) is 11.7. The second kappa shape index (κ2) is 5.08. The predicted molar refractivity (Wildman–Crippen MR) is 71.4 cm³/mol. The molecule has 0 amide bonds. The van der Waals surface area contributed by atoms with Crippen LogP contribution in [0, 0.1) is 0 Å². The van der Waals surface area contributed by atoms with Crippen LogP contribution >= 0.6 is 0 Å². The highest BCUT2D eigenvalue weighted by molar-refractivity contribution is 5.79. The maximum absolute atomic E-state index is 5.69. The SMILES string of the molecule is CC(NCc1c[nH]c2ncccc12)C1CCCO1. The Balaban J connectivity index is 1.65. The monoisotopic (exact) mass is 245 g/mol. The highest BCUT2D eigenvalue weighted by Gasteiger charge is 2.21. The van der Waals surface area contributed by atoms with Crippen LogP contribution in [-0.4, -0.2) is 28.7 Å². The van der Waals surface area contributed by atoms with E-state index in [0.717, 1.165) is 18.8 Å². The number of ether oxygens (including phenoxy) is 1. The van der Waals surface area contributed by atoms with Gasteiger partial charge in [0.25, 0.3) is 0 Å². The summed E-state index contributed by atoms with van der Waals surface area (Å²) in [5.41, 5.74) is 2.22. The molecule has 4 heteroatoms. The second-order valence-electron chi connectivity index (χ2n) is 4.93. The maximum Gasteiger partial charge on any atom is 0.137 e. The van der Waals surface area contributed by atoms with E-state index in [1.165, 1.54) is 23.8 Å². The maximum atomic E-state index is 5.69. The molecular weight excluding hydrogens is 226 g/mol. The van der Waals surface area contributed by atoms with Crippen molar-refractivity contribution in [2.24, 2.45) is 0 Å². The molecular formula is C14H19N3O. The van der Waals surface area contributed by atoms with Gasteiger partial charge in [-0.2, -0.15) is 0 Å². The lowest BCUT2D eigenvalue weighted by molar-refractivity contribution is 0.0832. The Hall–Kier alpha value is -1.39. The van der Waals surface area contributed by atoms with Crippen molar-refractivity contribution in [2.45, 2.75) is 38.5 Å². The van der Waals surface area contributed by atoms with Crippen LogP contribution in [-0.2, 0) is 11.3 Å². The molecule has 18 heavy (non-hydrogen) atoms. The van der Waals surface area contributed by atoms with Crippen LogP contribution in [0.1, 0.15) is 25.3 Å². The van der Waals surface area contributed by atoms with Gasteiger partial charge < -0.3 is 15.0 Å². The van der Waals surface area contributed by atoms with Crippen molar-refractivity contribution in [1.29, 1.82) is 0 Å². The summed E-state index contributed by atoms with van der Waals surface area (Å²) in [7, 11) is 0. The summed E-state index contributed by atoms with van der Waals surface area (Å²) < 4.78 is 5.69. The topological polar surface area (TPSA) is 49.9 Å². The normalized spacial score (nSPS) is 21.5. The van der Waals surface area contributed by atoms with Gasteiger partial charge in [0.1, 0.15) is 5.65 Å². The minimum atomic E-state index is 0.369. The number of nitrogens with one attached hydrogen (secondary N) is 2. The average molecular weight is 245 g/mol. The van der Waals surface area contributed by atoms with Gasteiger partial charge in [-0.05, 0) is 37.5 Å². The fraction of sp³-hybridized carbons (Fsp3) is 0.500. The molecule has 2 aromatic rings. The van der Waals surface area contributed by atoms with E-state index in [0.29, 0.717) is 12.1 Å². The number of fused-ring (bicyclic) bond motifs is 1. The smallest absolute Gasteiger partial charge is 0.137 e. The van der Waals surface area contributed by atoms with Gasteiger partial charge in [-0.25, -0.2) is 4.98 Å². The molecule has 3 rings (SSSR count). The number of hydrogen-bond donors (Lipinski definition) is 2. The molecule has 96 valence electrons. The van der Waals surface area contributed by atoms with Crippen LogP contribution in [0.3, 0.4) is 0 Å². The summed E-state index contributed by atoms with van der Waals surface area (Å²) in [6.45, 7) is 3.96. The van der Waals surface area contributed by atoms with Crippen LogP contribution in [0.15, 0.2) is 24.5 Å². The number of hydrogen-bond acceptors (Lipinski definition) is 3. The standard InChI is InChI=1S/C14H19N3O/c1-10(13-5-3-7-18-13)16-8-11-9-17-14-12(11)4-2-6-15-14/h2,4,6,9-10,13,16H,3,5,7-8H2,1H3,(H,15,17). The van der Waals surface area contributed by atoms with Crippen molar-refractivity contribution < 1.29 is 4.74 Å². The molecule has 2 N–H and O–H groups in total. The molecule has 0 spiro atoms. The number of aromatic nitrogens is 2. The third-order valence-corrected chi connectivity index (χ3v) is 3.67. The Labute approximate surface area is 107 Å². The Morgan fingerprint density at radius 1 is 1.61 bits per heavy atom. The van der Waals surface area contributed by atoms with E-state index in [1.54, 1.807) is 0 Å². The lowest BCUT2D eigenvalue weighted by Crippen LogP contribution is -2.36. The largest absolute Gasteiger partial charge is 0.377 e. The number of pyridine rings is 1. The molecule has 0 saturated carbocycles. The third kappa shape index (κ3) is 2.26. The number of rotatable bonds is 4. The quantitative estimate of drug-likeness (QED) is 0.868. The van der Waals surface area contributed by atoms with Crippen molar-refractivity contribution in [2.75, 3.05) is 6.61 Å². The molecule has 0 radical (unpaired) electrons. The first-order valence-corrected chi connectivity index (χ1v) is 6.60. The van der Waals surface area contributed by atoms with E-state index in [-0.39, 0.29) is 0 Å². The van der Waals surface area contributed by atoms with Crippen LogP contribution in [0.5, 0.6) is 0 Å². The van der Waals surface area contributed by atoms with Gasteiger partial charge in [-0.1, -0.05) is 0 Å². The summed E-state index contributed by atoms with van der Waals surface area (Å²) in [6.07, 6.45) is 6.57. The summed E-state index contributed by atoms with van der Waals surface area (Å²) in [5.74, 6) is 0. The zero-order chi connectivity index (χ0) is 12.4. The van der Waals surface area contributed by atoms with Crippen LogP contribution < -0.4 is 5.32 Å².